The highest BCUT2D eigenvalue weighted by atomic mass is 16.4. The molecule has 3 saturated heterocycles. The molecule has 3 aliphatic heterocycles. The molecule has 0 radical (unpaired) electrons. The first-order valence-corrected chi connectivity index (χ1v) is 9.36. The van der Waals surface area contributed by atoms with Crippen LogP contribution in [0.25, 0.3) is 0 Å². The molecule has 4 heterocycles. The van der Waals surface area contributed by atoms with E-state index in [0.29, 0.717) is 30.1 Å². The topological polar surface area (TPSA) is 73.7 Å². The van der Waals surface area contributed by atoms with Crippen molar-refractivity contribution in [1.82, 2.24) is 14.8 Å². The monoisotopic (exact) mass is 365 g/mol. The van der Waals surface area contributed by atoms with E-state index >= 15 is 0 Å². The zero-order chi connectivity index (χ0) is 18.8. The molecule has 6 nitrogen and oxygen atoms in total. The Labute approximate surface area is 158 Å². The second kappa shape index (κ2) is 7.48. The lowest BCUT2D eigenvalue weighted by molar-refractivity contribution is 0.0691. The summed E-state index contributed by atoms with van der Waals surface area (Å²) in [7, 11) is 0. The lowest BCUT2D eigenvalue weighted by Gasteiger charge is -2.36. The molecule has 0 aliphatic carbocycles. The Kier molecular flexibility index (Phi) is 4.90. The van der Waals surface area contributed by atoms with Gasteiger partial charge in [0.2, 0.25) is 0 Å². The van der Waals surface area contributed by atoms with Crippen LogP contribution in [-0.4, -0.2) is 57.4 Å². The molecular formula is C21H23N3O3. The van der Waals surface area contributed by atoms with Gasteiger partial charge in [0.25, 0.3) is 5.91 Å². The largest absolute Gasteiger partial charge is 0.478 e. The third-order valence-electron chi connectivity index (χ3n) is 5.64. The van der Waals surface area contributed by atoms with E-state index in [4.69, 9.17) is 0 Å². The highest BCUT2D eigenvalue weighted by Crippen LogP contribution is 2.30. The van der Waals surface area contributed by atoms with Gasteiger partial charge < -0.3 is 10.0 Å². The van der Waals surface area contributed by atoms with Gasteiger partial charge in [0.05, 0.1) is 11.1 Å². The molecule has 6 heteroatoms. The van der Waals surface area contributed by atoms with E-state index in [2.05, 4.69) is 9.88 Å². The average molecular weight is 365 g/mol. The second-order valence-corrected chi connectivity index (χ2v) is 7.44. The van der Waals surface area contributed by atoms with Crippen LogP contribution in [0.4, 0.5) is 0 Å². The van der Waals surface area contributed by atoms with Crippen LogP contribution >= 0.6 is 0 Å². The smallest absolute Gasteiger partial charge is 0.336 e. The highest BCUT2D eigenvalue weighted by molar-refractivity contribution is 5.94. The van der Waals surface area contributed by atoms with Crippen molar-refractivity contribution in [3.8, 4) is 0 Å². The number of benzene rings is 1. The molecule has 5 rings (SSSR count). The fourth-order valence-electron chi connectivity index (χ4n) is 4.30. The Morgan fingerprint density at radius 1 is 1.07 bits per heavy atom. The minimum Gasteiger partial charge on any atom is -0.478 e. The van der Waals surface area contributed by atoms with Crippen molar-refractivity contribution in [2.75, 3.05) is 19.6 Å². The van der Waals surface area contributed by atoms with Crippen LogP contribution in [0.15, 0.2) is 48.8 Å². The van der Waals surface area contributed by atoms with E-state index in [1.807, 2.05) is 23.1 Å². The molecule has 0 unspecified atom stereocenters. The first-order chi connectivity index (χ1) is 13.1. The summed E-state index contributed by atoms with van der Waals surface area (Å²) in [5, 5.41) is 9.45. The van der Waals surface area contributed by atoms with E-state index in [-0.39, 0.29) is 11.9 Å². The molecule has 27 heavy (non-hydrogen) atoms. The molecular weight excluding hydrogens is 342 g/mol. The van der Waals surface area contributed by atoms with E-state index in [0.717, 1.165) is 31.5 Å². The number of pyridine rings is 1. The van der Waals surface area contributed by atoms with Crippen molar-refractivity contribution in [3.63, 3.8) is 0 Å². The molecule has 3 aliphatic rings. The lowest BCUT2D eigenvalue weighted by atomic mass is 9.94. The lowest BCUT2D eigenvalue weighted by Crippen LogP contribution is -2.44. The van der Waals surface area contributed by atoms with Crippen molar-refractivity contribution >= 4 is 11.9 Å². The molecule has 1 aromatic heterocycles. The molecule has 2 aromatic rings. The van der Waals surface area contributed by atoms with Crippen LogP contribution in [0, 0.1) is 5.92 Å². The van der Waals surface area contributed by atoms with Gasteiger partial charge in [-0.3, -0.25) is 14.7 Å². The number of carbonyl (C=O) groups is 2. The Hall–Kier alpha value is -2.73. The van der Waals surface area contributed by atoms with E-state index < -0.39 is 5.97 Å². The van der Waals surface area contributed by atoms with Gasteiger partial charge in [-0.2, -0.15) is 0 Å². The Morgan fingerprint density at radius 3 is 2.70 bits per heavy atom. The maximum absolute atomic E-state index is 12.9. The van der Waals surface area contributed by atoms with Gasteiger partial charge >= 0.3 is 5.97 Å². The maximum Gasteiger partial charge on any atom is 0.336 e. The summed E-state index contributed by atoms with van der Waals surface area (Å²) in [6.45, 7) is 2.94. The quantitative estimate of drug-likeness (QED) is 0.901. The fraction of sp³-hybridized carbons (Fsp3) is 0.381. The zero-order valence-corrected chi connectivity index (χ0v) is 15.1. The van der Waals surface area contributed by atoms with Crippen molar-refractivity contribution in [2.45, 2.75) is 25.4 Å². The SMILES string of the molecule is O=C(O)c1ccccc1CN1C[C@H]2CC[C@@H]1CN(C(=O)c1cccnc1)C2. The Bertz CT molecular complexity index is 840. The third kappa shape index (κ3) is 3.71. The van der Waals surface area contributed by atoms with E-state index in [9.17, 15) is 14.7 Å². The summed E-state index contributed by atoms with van der Waals surface area (Å²) in [5.41, 5.74) is 1.82. The second-order valence-electron chi connectivity index (χ2n) is 7.44. The normalized spacial score (nSPS) is 22.4. The molecule has 2 atom stereocenters. The van der Waals surface area contributed by atoms with Gasteiger partial charge in [-0.15, -0.1) is 0 Å². The maximum atomic E-state index is 12.9. The number of hydrogen-bond acceptors (Lipinski definition) is 4. The molecule has 0 spiro atoms. The van der Waals surface area contributed by atoms with Crippen LogP contribution in [0.5, 0.6) is 0 Å². The van der Waals surface area contributed by atoms with Crippen LogP contribution < -0.4 is 0 Å². The van der Waals surface area contributed by atoms with Gasteiger partial charge in [-0.25, -0.2) is 4.79 Å². The van der Waals surface area contributed by atoms with Crippen LogP contribution in [-0.2, 0) is 6.54 Å². The summed E-state index contributed by atoms with van der Waals surface area (Å²) in [5.74, 6) is -0.437. The summed E-state index contributed by atoms with van der Waals surface area (Å²) >= 11 is 0. The number of carboxylic acids is 1. The summed E-state index contributed by atoms with van der Waals surface area (Å²) < 4.78 is 0. The first kappa shape index (κ1) is 17.7. The van der Waals surface area contributed by atoms with Crippen molar-refractivity contribution < 1.29 is 14.7 Å². The van der Waals surface area contributed by atoms with Gasteiger partial charge in [0, 0.05) is 44.6 Å². The standard InChI is InChI=1S/C21H23N3O3/c25-20(16-5-3-9-22-10-16)24-12-15-7-8-18(14-24)23(11-15)13-17-4-1-2-6-19(17)21(26)27/h1-6,9-10,15,18H,7-8,11-14H2,(H,26,27)/t15-,18-/m1/s1. The number of rotatable bonds is 4. The number of nitrogens with zero attached hydrogens (tertiary/aromatic N) is 3. The number of fused-ring (bicyclic) bond motifs is 4. The van der Waals surface area contributed by atoms with Gasteiger partial charge in [0.1, 0.15) is 0 Å². The molecule has 1 amide bonds. The zero-order valence-electron chi connectivity index (χ0n) is 15.1. The predicted molar refractivity (Wildman–Crippen MR) is 100 cm³/mol. The van der Waals surface area contributed by atoms with Gasteiger partial charge in [-0.1, -0.05) is 18.2 Å². The number of amides is 1. The molecule has 140 valence electrons. The molecule has 0 saturated carbocycles. The average Bonchev–Trinajstić information content (AvgIpc) is 3.00. The number of carbonyl (C=O) groups excluding carboxylic acids is 1. The number of piperidine rings is 1. The van der Waals surface area contributed by atoms with Crippen molar-refractivity contribution in [1.29, 1.82) is 0 Å². The van der Waals surface area contributed by atoms with Crippen molar-refractivity contribution in [2.24, 2.45) is 5.92 Å². The number of aromatic carboxylic acids is 1. The van der Waals surface area contributed by atoms with Gasteiger partial charge in [0.15, 0.2) is 0 Å². The summed E-state index contributed by atoms with van der Waals surface area (Å²) in [6, 6.07) is 11.0. The molecule has 2 bridgehead atoms. The third-order valence-corrected chi connectivity index (χ3v) is 5.64. The van der Waals surface area contributed by atoms with Crippen LogP contribution in [0.3, 0.4) is 0 Å². The molecule has 1 N–H and O–H groups in total. The summed E-state index contributed by atoms with van der Waals surface area (Å²) in [6.07, 6.45) is 5.44. The van der Waals surface area contributed by atoms with E-state index in [1.165, 1.54) is 0 Å². The Balaban J connectivity index is 1.52. The van der Waals surface area contributed by atoms with E-state index in [1.54, 1.807) is 30.6 Å². The van der Waals surface area contributed by atoms with Gasteiger partial charge in [-0.05, 0) is 42.5 Å². The fourth-order valence-corrected chi connectivity index (χ4v) is 4.30. The molecule has 1 aromatic carbocycles. The predicted octanol–water partition coefficient (Wildman–Crippen LogP) is 2.52. The number of hydrogen-bond donors (Lipinski definition) is 1. The minimum atomic E-state index is -0.890. The Morgan fingerprint density at radius 2 is 1.93 bits per heavy atom. The van der Waals surface area contributed by atoms with Crippen LogP contribution in [0.1, 0.15) is 39.1 Å². The molecule has 3 fully saturated rings. The minimum absolute atomic E-state index is 0.0350. The number of carboxylic acid groups (broad SMARTS) is 1. The first-order valence-electron chi connectivity index (χ1n) is 9.36. The van der Waals surface area contributed by atoms with Crippen molar-refractivity contribution in [3.05, 3.63) is 65.5 Å². The van der Waals surface area contributed by atoms with Crippen LogP contribution in [0.2, 0.25) is 0 Å². The number of aromatic nitrogens is 1. The highest BCUT2D eigenvalue weighted by Gasteiger charge is 2.36. The summed E-state index contributed by atoms with van der Waals surface area (Å²) in [4.78, 5) is 32.7.